The normalized spacial score (nSPS) is 10.2. The summed E-state index contributed by atoms with van der Waals surface area (Å²) in [6.07, 6.45) is 0. The Hall–Kier alpha value is -2.89. The number of rotatable bonds is 4. The van der Waals surface area contributed by atoms with Gasteiger partial charge in [0.1, 0.15) is 17.1 Å². The number of carbonyl (C=O) groups is 1. The zero-order valence-electron chi connectivity index (χ0n) is 11.5. The van der Waals surface area contributed by atoms with Crippen molar-refractivity contribution in [2.45, 2.75) is 13.8 Å². The van der Waals surface area contributed by atoms with Gasteiger partial charge in [-0.3, -0.25) is 10.1 Å². The Morgan fingerprint density at radius 1 is 1.14 bits per heavy atom. The third kappa shape index (κ3) is 3.17. The van der Waals surface area contributed by atoms with Crippen LogP contribution in [0.3, 0.4) is 0 Å². The van der Waals surface area contributed by atoms with Crippen LogP contribution in [-0.4, -0.2) is 16.0 Å². The van der Waals surface area contributed by atoms with Crippen LogP contribution in [0.4, 0.5) is 5.69 Å². The second-order valence-corrected chi connectivity index (χ2v) is 4.61. The monoisotopic (exact) mass is 287 g/mol. The number of nitrogens with zero attached hydrogens (tertiary/aromatic N) is 1. The fraction of sp³-hybridized carbons (Fsp3) is 0.133. The molecule has 1 N–H and O–H groups in total. The highest BCUT2D eigenvalue weighted by molar-refractivity contribution is 5.91. The largest absolute Gasteiger partial charge is 0.478 e. The highest BCUT2D eigenvalue weighted by Gasteiger charge is 2.15. The maximum absolute atomic E-state index is 11.2. The average molecular weight is 287 g/mol. The summed E-state index contributed by atoms with van der Waals surface area (Å²) in [6, 6.07) is 8.95. The molecule has 6 heteroatoms. The van der Waals surface area contributed by atoms with Gasteiger partial charge in [0, 0.05) is 6.07 Å². The van der Waals surface area contributed by atoms with Gasteiger partial charge in [0.05, 0.1) is 11.0 Å². The van der Waals surface area contributed by atoms with Crippen LogP contribution in [0.1, 0.15) is 21.5 Å². The summed E-state index contributed by atoms with van der Waals surface area (Å²) in [7, 11) is 0. The summed E-state index contributed by atoms with van der Waals surface area (Å²) < 4.78 is 5.56. The van der Waals surface area contributed by atoms with Gasteiger partial charge in [-0.1, -0.05) is 11.6 Å². The van der Waals surface area contributed by atoms with E-state index in [9.17, 15) is 20.0 Å². The van der Waals surface area contributed by atoms with E-state index in [1.807, 2.05) is 0 Å². The predicted octanol–water partition coefficient (Wildman–Crippen LogP) is 3.70. The van der Waals surface area contributed by atoms with E-state index in [2.05, 4.69) is 0 Å². The Labute approximate surface area is 120 Å². The Kier molecular flexibility index (Phi) is 3.89. The molecule has 0 aliphatic rings. The van der Waals surface area contributed by atoms with E-state index in [0.717, 1.165) is 5.56 Å². The number of carboxylic acids is 1. The van der Waals surface area contributed by atoms with Gasteiger partial charge >= 0.3 is 5.97 Å². The van der Waals surface area contributed by atoms with Gasteiger partial charge in [0.2, 0.25) is 0 Å². The number of hydrogen-bond acceptors (Lipinski definition) is 4. The van der Waals surface area contributed by atoms with Gasteiger partial charge in [0.15, 0.2) is 0 Å². The molecule has 2 aromatic rings. The summed E-state index contributed by atoms with van der Waals surface area (Å²) >= 11 is 0. The van der Waals surface area contributed by atoms with Crippen molar-refractivity contribution in [2.24, 2.45) is 0 Å². The highest BCUT2D eigenvalue weighted by Crippen LogP contribution is 2.31. The molecule has 0 atom stereocenters. The molecule has 0 radical (unpaired) electrons. The number of aromatic carboxylic acids is 1. The molecule has 6 nitrogen and oxygen atoms in total. The molecular formula is C15H13NO5. The number of nitro groups is 1. The van der Waals surface area contributed by atoms with E-state index in [1.54, 1.807) is 26.0 Å². The third-order valence-electron chi connectivity index (χ3n) is 2.97. The van der Waals surface area contributed by atoms with Crippen LogP contribution in [0.5, 0.6) is 11.5 Å². The van der Waals surface area contributed by atoms with E-state index >= 15 is 0 Å². The van der Waals surface area contributed by atoms with Crippen LogP contribution in [0.15, 0.2) is 36.4 Å². The van der Waals surface area contributed by atoms with Crippen molar-refractivity contribution in [3.63, 3.8) is 0 Å². The van der Waals surface area contributed by atoms with Gasteiger partial charge in [0.25, 0.3) is 5.69 Å². The Morgan fingerprint density at radius 2 is 1.86 bits per heavy atom. The molecule has 2 rings (SSSR count). The number of ether oxygens (including phenoxy) is 1. The van der Waals surface area contributed by atoms with E-state index < -0.39 is 10.9 Å². The van der Waals surface area contributed by atoms with Crippen molar-refractivity contribution in [2.75, 3.05) is 0 Å². The minimum Gasteiger partial charge on any atom is -0.478 e. The van der Waals surface area contributed by atoms with E-state index in [-0.39, 0.29) is 22.7 Å². The van der Waals surface area contributed by atoms with Crippen LogP contribution in [0.2, 0.25) is 0 Å². The molecule has 0 unspecified atom stereocenters. The minimum absolute atomic E-state index is 0.0147. The lowest BCUT2D eigenvalue weighted by Gasteiger charge is -2.11. The smallest absolute Gasteiger partial charge is 0.339 e. The molecule has 0 amide bonds. The highest BCUT2D eigenvalue weighted by atomic mass is 16.6. The van der Waals surface area contributed by atoms with Crippen molar-refractivity contribution in [1.29, 1.82) is 0 Å². The molecular weight excluding hydrogens is 274 g/mol. The molecule has 0 saturated heterocycles. The predicted molar refractivity (Wildman–Crippen MR) is 76.0 cm³/mol. The number of non-ortho nitro benzene ring substituents is 1. The van der Waals surface area contributed by atoms with Crippen LogP contribution < -0.4 is 4.74 Å². The second kappa shape index (κ2) is 5.62. The Bertz CT molecular complexity index is 724. The first-order chi connectivity index (χ1) is 9.88. The number of benzene rings is 2. The summed E-state index contributed by atoms with van der Waals surface area (Å²) in [5.41, 5.74) is 1.37. The zero-order valence-corrected chi connectivity index (χ0v) is 11.5. The first kappa shape index (κ1) is 14.5. The van der Waals surface area contributed by atoms with Gasteiger partial charge in [-0.15, -0.1) is 0 Å². The van der Waals surface area contributed by atoms with Gasteiger partial charge < -0.3 is 9.84 Å². The summed E-state index contributed by atoms with van der Waals surface area (Å²) in [5, 5.41) is 20.0. The average Bonchev–Trinajstić information content (AvgIpc) is 2.42. The van der Waals surface area contributed by atoms with Crippen LogP contribution in [0, 0.1) is 24.0 Å². The molecule has 0 heterocycles. The molecule has 0 aliphatic carbocycles. The summed E-state index contributed by atoms with van der Waals surface area (Å²) in [6.45, 7) is 3.50. The molecule has 0 aliphatic heterocycles. The van der Waals surface area contributed by atoms with E-state index in [4.69, 9.17) is 4.74 Å². The maximum atomic E-state index is 11.2. The summed E-state index contributed by atoms with van der Waals surface area (Å²) in [5.74, 6) is -0.705. The van der Waals surface area contributed by atoms with Crippen molar-refractivity contribution in [3.05, 3.63) is 63.2 Å². The fourth-order valence-electron chi connectivity index (χ4n) is 1.83. The number of hydrogen-bond donors (Lipinski definition) is 1. The van der Waals surface area contributed by atoms with E-state index in [0.29, 0.717) is 5.56 Å². The maximum Gasteiger partial charge on any atom is 0.339 e. The van der Waals surface area contributed by atoms with Crippen LogP contribution >= 0.6 is 0 Å². The van der Waals surface area contributed by atoms with Crippen LogP contribution in [0.25, 0.3) is 0 Å². The van der Waals surface area contributed by atoms with E-state index in [1.165, 1.54) is 24.3 Å². The molecule has 0 aromatic heterocycles. The van der Waals surface area contributed by atoms with Gasteiger partial charge in [-0.25, -0.2) is 4.79 Å². The molecule has 0 fully saturated rings. The fourth-order valence-corrected chi connectivity index (χ4v) is 1.83. The topological polar surface area (TPSA) is 89.7 Å². The van der Waals surface area contributed by atoms with Crippen molar-refractivity contribution in [3.8, 4) is 11.5 Å². The number of aryl methyl sites for hydroxylation is 2. The molecule has 108 valence electrons. The Morgan fingerprint density at radius 3 is 2.48 bits per heavy atom. The van der Waals surface area contributed by atoms with Crippen molar-refractivity contribution >= 4 is 11.7 Å². The molecule has 0 spiro atoms. The number of carboxylic acid groups (broad SMARTS) is 1. The molecule has 2 aromatic carbocycles. The molecule has 0 saturated carbocycles. The molecule has 0 bridgehead atoms. The first-order valence-corrected chi connectivity index (χ1v) is 6.15. The van der Waals surface area contributed by atoms with Crippen molar-refractivity contribution < 1.29 is 19.6 Å². The first-order valence-electron chi connectivity index (χ1n) is 6.15. The van der Waals surface area contributed by atoms with Crippen LogP contribution in [-0.2, 0) is 0 Å². The lowest BCUT2D eigenvalue weighted by atomic mass is 10.1. The Balaban J connectivity index is 2.45. The number of nitro benzene ring substituents is 1. The second-order valence-electron chi connectivity index (χ2n) is 4.61. The lowest BCUT2D eigenvalue weighted by Crippen LogP contribution is -2.01. The molecule has 21 heavy (non-hydrogen) atoms. The SMILES string of the molecule is Cc1ccc(Oc2cc([N+](=O)[O-])ccc2C)c(C(=O)O)c1. The van der Waals surface area contributed by atoms with Gasteiger partial charge in [-0.2, -0.15) is 0 Å². The minimum atomic E-state index is -1.11. The van der Waals surface area contributed by atoms with Gasteiger partial charge in [-0.05, 0) is 37.6 Å². The standard InChI is InChI=1S/C15H13NO5/c1-9-3-6-13(12(7-9)15(17)18)21-14-8-11(16(19)20)5-4-10(14)2/h3-8H,1-2H3,(H,17,18). The summed E-state index contributed by atoms with van der Waals surface area (Å²) in [4.78, 5) is 21.5. The zero-order chi connectivity index (χ0) is 15.6. The lowest BCUT2D eigenvalue weighted by molar-refractivity contribution is -0.384. The van der Waals surface area contributed by atoms with Crippen molar-refractivity contribution in [1.82, 2.24) is 0 Å². The quantitative estimate of drug-likeness (QED) is 0.684. The third-order valence-corrected chi connectivity index (χ3v) is 2.97.